The van der Waals surface area contributed by atoms with Crippen molar-refractivity contribution < 1.29 is 9.59 Å². The van der Waals surface area contributed by atoms with Crippen LogP contribution in [0.1, 0.15) is 48.0 Å². The first-order valence-corrected chi connectivity index (χ1v) is 10.0. The molecule has 2 aliphatic rings. The fourth-order valence-electron chi connectivity index (χ4n) is 3.99. The molecule has 1 aromatic heterocycles. The number of amides is 2. The Hall–Kier alpha value is -2.47. The molecule has 0 bridgehead atoms. The van der Waals surface area contributed by atoms with E-state index in [-0.39, 0.29) is 23.1 Å². The van der Waals surface area contributed by atoms with E-state index in [4.69, 9.17) is 0 Å². The zero-order valence-corrected chi connectivity index (χ0v) is 16.6. The number of hydrazone groups is 1. The van der Waals surface area contributed by atoms with Crippen molar-refractivity contribution in [1.82, 2.24) is 10.7 Å². The van der Waals surface area contributed by atoms with Crippen LogP contribution in [0.25, 0.3) is 10.4 Å². The molecular weight excluding hydrogens is 358 g/mol. The lowest BCUT2D eigenvalue weighted by molar-refractivity contribution is -0.122. The SMILES string of the molecule is CC1=NNC(=O)[C@H]1CCNC(=O)c1cc2c(s1)-c1ccccc1C(C)(C)C2. The number of hydrogen-bond acceptors (Lipinski definition) is 4. The Balaban J connectivity index is 1.49. The molecule has 2 aromatic rings. The number of carbonyl (C=O) groups excluding carboxylic acids is 2. The van der Waals surface area contributed by atoms with Gasteiger partial charge in [0, 0.05) is 17.1 Å². The zero-order valence-electron chi connectivity index (χ0n) is 15.8. The molecule has 1 aliphatic heterocycles. The van der Waals surface area contributed by atoms with Gasteiger partial charge in [-0.1, -0.05) is 38.1 Å². The minimum atomic E-state index is -0.241. The van der Waals surface area contributed by atoms with Gasteiger partial charge in [0.2, 0.25) is 5.91 Å². The maximum Gasteiger partial charge on any atom is 0.261 e. The summed E-state index contributed by atoms with van der Waals surface area (Å²) in [7, 11) is 0. The van der Waals surface area contributed by atoms with Crippen molar-refractivity contribution in [1.29, 1.82) is 0 Å². The highest BCUT2D eigenvalue weighted by atomic mass is 32.1. The number of rotatable bonds is 4. The summed E-state index contributed by atoms with van der Waals surface area (Å²) in [6.45, 7) is 6.79. The number of nitrogens with zero attached hydrogens (tertiary/aromatic N) is 1. The third-order valence-corrected chi connectivity index (χ3v) is 6.66. The van der Waals surface area contributed by atoms with Gasteiger partial charge in [-0.15, -0.1) is 11.3 Å². The summed E-state index contributed by atoms with van der Waals surface area (Å²) in [5, 5.41) is 6.90. The molecule has 0 radical (unpaired) electrons. The van der Waals surface area contributed by atoms with E-state index in [2.05, 4.69) is 54.0 Å². The van der Waals surface area contributed by atoms with E-state index < -0.39 is 0 Å². The highest BCUT2D eigenvalue weighted by Crippen LogP contribution is 2.46. The van der Waals surface area contributed by atoms with Gasteiger partial charge < -0.3 is 5.32 Å². The maximum absolute atomic E-state index is 12.6. The van der Waals surface area contributed by atoms with Crippen molar-refractivity contribution >= 4 is 28.9 Å². The third kappa shape index (κ3) is 3.18. The third-order valence-electron chi connectivity index (χ3n) is 5.45. The first kappa shape index (κ1) is 17.9. The van der Waals surface area contributed by atoms with Gasteiger partial charge in [-0.2, -0.15) is 5.10 Å². The number of benzene rings is 1. The Bertz CT molecular complexity index is 958. The molecule has 2 heterocycles. The van der Waals surface area contributed by atoms with Crippen molar-refractivity contribution in [3.63, 3.8) is 0 Å². The minimum Gasteiger partial charge on any atom is -0.351 e. The highest BCUT2D eigenvalue weighted by Gasteiger charge is 2.33. The molecule has 27 heavy (non-hydrogen) atoms. The van der Waals surface area contributed by atoms with Crippen LogP contribution in [0.15, 0.2) is 35.4 Å². The average Bonchev–Trinajstić information content (AvgIpc) is 3.19. The molecule has 5 nitrogen and oxygen atoms in total. The van der Waals surface area contributed by atoms with Crippen LogP contribution in [0.5, 0.6) is 0 Å². The monoisotopic (exact) mass is 381 g/mol. The predicted octanol–water partition coefficient (Wildman–Crippen LogP) is 3.49. The van der Waals surface area contributed by atoms with Crippen LogP contribution >= 0.6 is 11.3 Å². The van der Waals surface area contributed by atoms with Crippen LogP contribution in [-0.4, -0.2) is 24.1 Å². The lowest BCUT2D eigenvalue weighted by Gasteiger charge is -2.32. The van der Waals surface area contributed by atoms with E-state index in [0.29, 0.717) is 13.0 Å². The van der Waals surface area contributed by atoms with Crippen molar-refractivity contribution in [2.75, 3.05) is 6.54 Å². The Labute approximate surface area is 162 Å². The van der Waals surface area contributed by atoms with Gasteiger partial charge in [0.05, 0.1) is 10.8 Å². The topological polar surface area (TPSA) is 70.6 Å². The number of nitrogens with one attached hydrogen (secondary N) is 2. The molecule has 0 saturated carbocycles. The molecule has 140 valence electrons. The van der Waals surface area contributed by atoms with Crippen LogP contribution in [0.4, 0.5) is 0 Å². The second-order valence-corrected chi connectivity index (χ2v) is 8.95. The van der Waals surface area contributed by atoms with E-state index in [9.17, 15) is 9.59 Å². The Morgan fingerprint density at radius 3 is 2.89 bits per heavy atom. The molecule has 1 atom stereocenters. The average molecular weight is 382 g/mol. The molecule has 6 heteroatoms. The summed E-state index contributed by atoms with van der Waals surface area (Å²) in [5.41, 5.74) is 7.14. The van der Waals surface area contributed by atoms with Gasteiger partial charge in [0.1, 0.15) is 0 Å². The van der Waals surface area contributed by atoms with E-state index >= 15 is 0 Å². The molecule has 2 amide bonds. The number of carbonyl (C=O) groups is 2. The largest absolute Gasteiger partial charge is 0.351 e. The normalized spacial score (nSPS) is 19.7. The Morgan fingerprint density at radius 1 is 1.37 bits per heavy atom. The zero-order chi connectivity index (χ0) is 19.2. The number of thiophene rings is 1. The van der Waals surface area contributed by atoms with Gasteiger partial charge in [0.15, 0.2) is 0 Å². The Morgan fingerprint density at radius 2 is 2.15 bits per heavy atom. The predicted molar refractivity (Wildman–Crippen MR) is 108 cm³/mol. The smallest absolute Gasteiger partial charge is 0.261 e. The summed E-state index contributed by atoms with van der Waals surface area (Å²) >= 11 is 1.56. The molecule has 1 aromatic carbocycles. The van der Waals surface area contributed by atoms with Crippen molar-refractivity contribution in [2.24, 2.45) is 11.0 Å². The first-order valence-electron chi connectivity index (χ1n) is 9.21. The molecule has 0 spiro atoms. The summed E-state index contributed by atoms with van der Waals surface area (Å²) in [5.74, 6) is -0.403. The van der Waals surface area contributed by atoms with Gasteiger partial charge in [-0.3, -0.25) is 9.59 Å². The fraction of sp³-hybridized carbons (Fsp3) is 0.381. The van der Waals surface area contributed by atoms with Gasteiger partial charge in [0.25, 0.3) is 5.91 Å². The standard InChI is InChI=1S/C21H23N3O2S/c1-12-14(19(25)24-23-12)8-9-22-20(26)17-10-13-11-21(2,3)16-7-5-4-6-15(16)18(13)27-17/h4-7,10,14H,8-9,11H2,1-3H3,(H,22,26)(H,24,25)/t14-/m0/s1. The summed E-state index contributed by atoms with van der Waals surface area (Å²) in [6, 6.07) is 10.5. The van der Waals surface area contributed by atoms with E-state index in [1.807, 2.05) is 13.0 Å². The lowest BCUT2D eigenvalue weighted by atomic mass is 9.73. The van der Waals surface area contributed by atoms with Crippen LogP contribution < -0.4 is 10.7 Å². The van der Waals surface area contributed by atoms with Gasteiger partial charge in [-0.05, 0) is 47.9 Å². The summed E-state index contributed by atoms with van der Waals surface area (Å²) < 4.78 is 0. The summed E-state index contributed by atoms with van der Waals surface area (Å²) in [6.07, 6.45) is 1.49. The van der Waals surface area contributed by atoms with Crippen molar-refractivity contribution in [2.45, 2.75) is 39.0 Å². The molecule has 2 N–H and O–H groups in total. The highest BCUT2D eigenvalue weighted by molar-refractivity contribution is 7.17. The van der Waals surface area contributed by atoms with Crippen LogP contribution in [0.2, 0.25) is 0 Å². The maximum atomic E-state index is 12.6. The first-order chi connectivity index (χ1) is 12.9. The minimum absolute atomic E-state index is 0.0606. The van der Waals surface area contributed by atoms with Crippen molar-refractivity contribution in [3.05, 3.63) is 46.3 Å². The van der Waals surface area contributed by atoms with E-state index in [0.717, 1.165) is 17.0 Å². The van der Waals surface area contributed by atoms with Crippen molar-refractivity contribution in [3.8, 4) is 10.4 Å². The molecular formula is C21H23N3O2S. The molecule has 0 fully saturated rings. The Kier molecular flexibility index (Phi) is 4.38. The van der Waals surface area contributed by atoms with Crippen LogP contribution in [-0.2, 0) is 16.6 Å². The second kappa shape index (κ2) is 6.60. The number of hydrogen-bond donors (Lipinski definition) is 2. The number of fused-ring (bicyclic) bond motifs is 3. The molecule has 0 saturated heterocycles. The van der Waals surface area contributed by atoms with Crippen LogP contribution in [0, 0.1) is 5.92 Å². The fourth-order valence-corrected chi connectivity index (χ4v) is 5.12. The van der Waals surface area contributed by atoms with Gasteiger partial charge >= 0.3 is 0 Å². The summed E-state index contributed by atoms with van der Waals surface area (Å²) in [4.78, 5) is 26.3. The molecule has 4 rings (SSSR count). The lowest BCUT2D eigenvalue weighted by Crippen LogP contribution is -2.29. The van der Waals surface area contributed by atoms with Gasteiger partial charge in [-0.25, -0.2) is 5.43 Å². The van der Waals surface area contributed by atoms with E-state index in [1.54, 1.807) is 11.3 Å². The second-order valence-electron chi connectivity index (χ2n) is 7.90. The molecule has 1 aliphatic carbocycles. The van der Waals surface area contributed by atoms with E-state index in [1.165, 1.54) is 21.6 Å². The quantitative estimate of drug-likeness (QED) is 0.851. The molecule has 0 unspecified atom stereocenters. The van der Waals surface area contributed by atoms with Crippen LogP contribution in [0.3, 0.4) is 0 Å².